The van der Waals surface area contributed by atoms with Crippen molar-refractivity contribution in [3.8, 4) is 0 Å². The first-order chi connectivity index (χ1) is 9.15. The molecule has 1 aliphatic rings. The van der Waals surface area contributed by atoms with Crippen LogP contribution in [-0.4, -0.2) is 43.5 Å². The van der Waals surface area contributed by atoms with Crippen molar-refractivity contribution in [2.45, 2.75) is 13.0 Å². The molecule has 1 unspecified atom stereocenters. The number of likely N-dealkylation sites (N-methyl/N-ethyl adjacent to an activating group) is 1. The quantitative estimate of drug-likeness (QED) is 0.776. The van der Waals surface area contributed by atoms with Gasteiger partial charge in [0.1, 0.15) is 11.7 Å². The lowest BCUT2D eigenvalue weighted by molar-refractivity contribution is -0.00987. The number of para-hydroxylation sites is 1. The fourth-order valence-corrected chi connectivity index (χ4v) is 2.43. The maximum atomic E-state index is 12.4. The van der Waals surface area contributed by atoms with Crippen molar-refractivity contribution in [2.24, 2.45) is 0 Å². The summed E-state index contributed by atoms with van der Waals surface area (Å²) in [5.74, 6) is 0.326. The molecule has 2 heterocycles. The van der Waals surface area contributed by atoms with Crippen LogP contribution in [0.4, 0.5) is 0 Å². The maximum Gasteiger partial charge on any atom is 0.227 e. The molecular formula is C15H17NO3. The van der Waals surface area contributed by atoms with E-state index in [-0.39, 0.29) is 5.78 Å². The highest BCUT2D eigenvalue weighted by molar-refractivity contribution is 6.01. The fraction of sp³-hybridized carbons (Fsp3) is 0.400. The number of benzene rings is 1. The average molecular weight is 259 g/mol. The zero-order valence-corrected chi connectivity index (χ0v) is 11.2. The normalized spacial score (nSPS) is 20.8. The summed E-state index contributed by atoms with van der Waals surface area (Å²) in [6, 6.07) is 7.70. The van der Waals surface area contributed by atoms with E-state index in [2.05, 4.69) is 4.90 Å². The Bertz CT molecular complexity index is 617. The topological polar surface area (TPSA) is 42.7 Å². The van der Waals surface area contributed by atoms with Gasteiger partial charge in [-0.3, -0.25) is 4.79 Å². The molecule has 1 aliphatic heterocycles. The first-order valence-corrected chi connectivity index (χ1v) is 6.48. The van der Waals surface area contributed by atoms with Gasteiger partial charge in [0.05, 0.1) is 6.61 Å². The van der Waals surface area contributed by atoms with Crippen LogP contribution in [0.25, 0.3) is 11.0 Å². The van der Waals surface area contributed by atoms with Crippen LogP contribution in [0.5, 0.6) is 0 Å². The van der Waals surface area contributed by atoms with Gasteiger partial charge < -0.3 is 14.1 Å². The van der Waals surface area contributed by atoms with E-state index in [1.807, 2.05) is 38.2 Å². The summed E-state index contributed by atoms with van der Waals surface area (Å²) in [4.78, 5) is 14.5. The van der Waals surface area contributed by atoms with Crippen LogP contribution in [0.2, 0.25) is 0 Å². The molecule has 4 heteroatoms. The second kappa shape index (κ2) is 4.79. The summed E-state index contributed by atoms with van der Waals surface area (Å²) < 4.78 is 11.2. The number of Topliss-reactive ketones (excluding diaryl/α,β-unsaturated/α-hetero) is 1. The predicted molar refractivity (Wildman–Crippen MR) is 72.5 cm³/mol. The predicted octanol–water partition coefficient (Wildman–Crippen LogP) is 2.25. The van der Waals surface area contributed by atoms with Crippen LogP contribution < -0.4 is 0 Å². The Kier molecular flexibility index (Phi) is 3.12. The highest BCUT2D eigenvalue weighted by atomic mass is 16.5. The number of carbonyl (C=O) groups excluding carboxylic acids is 1. The number of aryl methyl sites for hydroxylation is 1. The molecule has 1 saturated heterocycles. The van der Waals surface area contributed by atoms with Crippen LogP contribution in [0.3, 0.4) is 0 Å². The lowest BCUT2D eigenvalue weighted by Crippen LogP contribution is -2.44. The molecule has 1 atom stereocenters. The van der Waals surface area contributed by atoms with E-state index in [1.165, 1.54) is 0 Å². The van der Waals surface area contributed by atoms with Crippen molar-refractivity contribution in [1.29, 1.82) is 0 Å². The number of carbonyl (C=O) groups is 1. The highest BCUT2D eigenvalue weighted by Crippen LogP contribution is 2.24. The first kappa shape index (κ1) is 12.4. The summed E-state index contributed by atoms with van der Waals surface area (Å²) >= 11 is 0. The van der Waals surface area contributed by atoms with Crippen molar-refractivity contribution >= 4 is 16.8 Å². The van der Waals surface area contributed by atoms with Gasteiger partial charge in [-0.25, -0.2) is 0 Å². The summed E-state index contributed by atoms with van der Waals surface area (Å²) in [5, 5.41) is 0.965. The molecule has 1 fully saturated rings. The molecule has 3 rings (SSSR count). The molecule has 0 radical (unpaired) electrons. The van der Waals surface area contributed by atoms with Crippen molar-refractivity contribution in [3.05, 3.63) is 35.6 Å². The molecule has 0 amide bonds. The molecule has 100 valence electrons. The third kappa shape index (κ3) is 2.29. The van der Waals surface area contributed by atoms with Gasteiger partial charge in [-0.15, -0.1) is 0 Å². The largest absolute Gasteiger partial charge is 0.453 e. The minimum absolute atomic E-state index is 0.0675. The van der Waals surface area contributed by atoms with Crippen LogP contribution in [0.1, 0.15) is 16.1 Å². The Hall–Kier alpha value is -1.65. The van der Waals surface area contributed by atoms with E-state index < -0.39 is 6.10 Å². The monoisotopic (exact) mass is 259 g/mol. The third-order valence-electron chi connectivity index (χ3n) is 3.55. The summed E-state index contributed by atoms with van der Waals surface area (Å²) in [7, 11) is 1.99. The molecule has 0 saturated carbocycles. The van der Waals surface area contributed by atoms with Gasteiger partial charge in [-0.2, -0.15) is 0 Å². The van der Waals surface area contributed by atoms with Crippen molar-refractivity contribution in [3.63, 3.8) is 0 Å². The number of rotatable bonds is 2. The smallest absolute Gasteiger partial charge is 0.227 e. The van der Waals surface area contributed by atoms with Crippen LogP contribution in [0.15, 0.2) is 28.7 Å². The van der Waals surface area contributed by atoms with E-state index in [9.17, 15) is 4.79 Å². The van der Waals surface area contributed by atoms with E-state index in [4.69, 9.17) is 9.15 Å². The van der Waals surface area contributed by atoms with Gasteiger partial charge in [-0.05, 0) is 25.6 Å². The number of morpholine rings is 1. The minimum Gasteiger partial charge on any atom is -0.453 e. The van der Waals surface area contributed by atoms with Gasteiger partial charge in [0.15, 0.2) is 5.76 Å². The number of nitrogens with zero attached hydrogens (tertiary/aromatic N) is 1. The van der Waals surface area contributed by atoms with Crippen molar-refractivity contribution in [2.75, 3.05) is 26.7 Å². The Morgan fingerprint density at radius 1 is 1.42 bits per heavy atom. The Balaban J connectivity index is 1.91. The number of ketones is 1. The van der Waals surface area contributed by atoms with Gasteiger partial charge >= 0.3 is 0 Å². The molecule has 2 aromatic rings. The Morgan fingerprint density at radius 3 is 3.00 bits per heavy atom. The number of fused-ring (bicyclic) bond motifs is 1. The molecular weight excluding hydrogens is 242 g/mol. The zero-order valence-electron chi connectivity index (χ0n) is 11.2. The van der Waals surface area contributed by atoms with E-state index >= 15 is 0 Å². The molecule has 0 N–H and O–H groups in total. The van der Waals surface area contributed by atoms with Crippen LogP contribution in [-0.2, 0) is 4.74 Å². The van der Waals surface area contributed by atoms with Crippen molar-refractivity contribution in [1.82, 2.24) is 4.90 Å². The SMILES string of the molecule is Cc1cccc2cc(C(=O)C3CN(C)CCO3)oc12. The minimum atomic E-state index is -0.417. The first-order valence-electron chi connectivity index (χ1n) is 6.48. The zero-order chi connectivity index (χ0) is 13.4. The number of hydrogen-bond donors (Lipinski definition) is 0. The fourth-order valence-electron chi connectivity index (χ4n) is 2.43. The van der Waals surface area contributed by atoms with E-state index in [0.29, 0.717) is 18.9 Å². The van der Waals surface area contributed by atoms with Gasteiger partial charge in [-0.1, -0.05) is 18.2 Å². The molecule has 19 heavy (non-hydrogen) atoms. The van der Waals surface area contributed by atoms with Gasteiger partial charge in [0.25, 0.3) is 0 Å². The van der Waals surface area contributed by atoms with Crippen molar-refractivity contribution < 1.29 is 13.9 Å². The summed E-state index contributed by atoms with van der Waals surface area (Å²) in [6.07, 6.45) is -0.417. The van der Waals surface area contributed by atoms with Gasteiger partial charge in [0, 0.05) is 18.5 Å². The number of furan rings is 1. The lowest BCUT2D eigenvalue weighted by Gasteiger charge is -2.28. The molecule has 0 spiro atoms. The number of hydrogen-bond acceptors (Lipinski definition) is 4. The lowest BCUT2D eigenvalue weighted by atomic mass is 10.1. The molecule has 0 aliphatic carbocycles. The standard InChI is InChI=1S/C15H17NO3/c1-10-4-3-5-11-8-12(19-15(10)11)14(17)13-9-16(2)6-7-18-13/h3-5,8,13H,6-7,9H2,1-2H3. The van der Waals surface area contributed by atoms with E-state index in [1.54, 1.807) is 0 Å². The third-order valence-corrected chi connectivity index (χ3v) is 3.55. The second-order valence-corrected chi connectivity index (χ2v) is 5.09. The van der Waals surface area contributed by atoms with Crippen LogP contribution >= 0.6 is 0 Å². The molecule has 4 nitrogen and oxygen atoms in total. The summed E-state index contributed by atoms with van der Waals surface area (Å²) in [6.45, 7) is 4.05. The van der Waals surface area contributed by atoms with E-state index in [0.717, 1.165) is 23.1 Å². The Morgan fingerprint density at radius 2 is 2.26 bits per heavy atom. The maximum absolute atomic E-state index is 12.4. The van der Waals surface area contributed by atoms with Crippen LogP contribution in [0, 0.1) is 6.92 Å². The van der Waals surface area contributed by atoms with Gasteiger partial charge in [0.2, 0.25) is 5.78 Å². The second-order valence-electron chi connectivity index (χ2n) is 5.09. The average Bonchev–Trinajstić information content (AvgIpc) is 2.83. The highest BCUT2D eigenvalue weighted by Gasteiger charge is 2.28. The molecule has 1 aromatic heterocycles. The summed E-state index contributed by atoms with van der Waals surface area (Å²) in [5.41, 5.74) is 1.83. The molecule has 0 bridgehead atoms. The Labute approximate surface area is 111 Å². The molecule has 1 aromatic carbocycles. The number of ether oxygens (including phenoxy) is 1.